The Kier molecular flexibility index (Phi) is 12.0. The number of carbonyl (C=O) groups excluding carboxylic acids is 4. The summed E-state index contributed by atoms with van der Waals surface area (Å²) in [4.78, 5) is 51.9. The second-order valence-electron chi connectivity index (χ2n) is 11.7. The van der Waals surface area contributed by atoms with Crippen molar-refractivity contribution in [2.45, 2.75) is 40.5 Å². The normalized spacial score (nSPS) is 11.2. The molecule has 0 aliphatic rings. The van der Waals surface area contributed by atoms with E-state index in [1.807, 2.05) is 97.1 Å². The Labute approximate surface area is 292 Å². The van der Waals surface area contributed by atoms with E-state index < -0.39 is 35.7 Å². The van der Waals surface area contributed by atoms with Crippen LogP contribution in [-0.4, -0.2) is 50.3 Å². The van der Waals surface area contributed by atoms with Gasteiger partial charge in [0.05, 0.1) is 26.4 Å². The highest BCUT2D eigenvalue weighted by atomic mass is 16.6. The third-order valence-electron chi connectivity index (χ3n) is 8.63. The van der Waals surface area contributed by atoms with E-state index in [-0.39, 0.29) is 39.3 Å². The van der Waals surface area contributed by atoms with E-state index in [1.54, 1.807) is 27.7 Å². The molecule has 8 nitrogen and oxygen atoms in total. The third-order valence-corrected chi connectivity index (χ3v) is 8.63. The summed E-state index contributed by atoms with van der Waals surface area (Å²) in [6, 6.07) is 31.9. The highest BCUT2D eigenvalue weighted by Crippen LogP contribution is 2.38. The molecular formula is C42H42O8. The number of hydrogen-bond donors (Lipinski definition) is 0. The molecule has 5 aromatic rings. The van der Waals surface area contributed by atoms with Gasteiger partial charge < -0.3 is 18.9 Å². The van der Waals surface area contributed by atoms with Crippen molar-refractivity contribution in [3.63, 3.8) is 0 Å². The monoisotopic (exact) mass is 674 g/mol. The number of ether oxygens (including phenoxy) is 4. The predicted octanol–water partition coefficient (Wildman–Crippen LogP) is 7.90. The first kappa shape index (κ1) is 35.8. The lowest BCUT2D eigenvalue weighted by Gasteiger charge is -2.20. The van der Waals surface area contributed by atoms with E-state index in [0.717, 1.165) is 54.9 Å². The molecule has 0 aromatic heterocycles. The fourth-order valence-electron chi connectivity index (χ4n) is 6.40. The second-order valence-corrected chi connectivity index (χ2v) is 11.7. The van der Waals surface area contributed by atoms with Crippen LogP contribution in [-0.2, 0) is 51.0 Å². The first-order valence-corrected chi connectivity index (χ1v) is 17.1. The van der Waals surface area contributed by atoms with Crippen molar-refractivity contribution in [2.24, 2.45) is 11.8 Å². The van der Waals surface area contributed by atoms with E-state index in [0.29, 0.717) is 0 Å². The Balaban J connectivity index is 1.62. The summed E-state index contributed by atoms with van der Waals surface area (Å²) in [7, 11) is 0. The standard InChI is InChI=1S/C42H42O8/c1-5-47-39(43)35(40(44)48-6-2)25-31-23-17-27-13-9-11-15-33(27)37(31)29-19-21-30(22-20-29)38-32(24-18-28-14-10-12-16-34(28)38)26-36(41(45)49-7-3)42(46)50-8-4/h9-24,35-36H,5-8,25-26H2,1-4H3. The lowest BCUT2D eigenvalue weighted by atomic mass is 9.86. The van der Waals surface area contributed by atoms with Crippen LogP contribution in [0.4, 0.5) is 0 Å². The van der Waals surface area contributed by atoms with Gasteiger partial charge in [0.1, 0.15) is 0 Å². The first-order valence-electron chi connectivity index (χ1n) is 17.1. The molecule has 5 rings (SSSR count). The predicted molar refractivity (Wildman–Crippen MR) is 193 cm³/mol. The molecule has 8 heteroatoms. The van der Waals surface area contributed by atoms with Gasteiger partial charge in [0.2, 0.25) is 0 Å². The van der Waals surface area contributed by atoms with E-state index in [2.05, 4.69) is 0 Å². The average molecular weight is 675 g/mol. The molecule has 0 radical (unpaired) electrons. The minimum Gasteiger partial charge on any atom is -0.465 e. The molecule has 0 spiro atoms. The zero-order valence-electron chi connectivity index (χ0n) is 28.9. The molecule has 0 aliphatic heterocycles. The van der Waals surface area contributed by atoms with Gasteiger partial charge in [0.15, 0.2) is 11.8 Å². The molecule has 258 valence electrons. The fraction of sp³-hybridized carbons (Fsp3) is 0.286. The quantitative estimate of drug-likeness (QED) is 0.0665. The van der Waals surface area contributed by atoms with Crippen molar-refractivity contribution >= 4 is 45.4 Å². The van der Waals surface area contributed by atoms with Crippen LogP contribution in [0.25, 0.3) is 43.8 Å². The van der Waals surface area contributed by atoms with E-state index in [4.69, 9.17) is 18.9 Å². The minimum atomic E-state index is -1.11. The molecule has 0 unspecified atom stereocenters. The minimum absolute atomic E-state index is 0.107. The topological polar surface area (TPSA) is 105 Å². The van der Waals surface area contributed by atoms with Crippen LogP contribution in [0.1, 0.15) is 38.8 Å². The molecule has 0 N–H and O–H groups in total. The van der Waals surface area contributed by atoms with E-state index in [1.165, 1.54) is 0 Å². The summed E-state index contributed by atoms with van der Waals surface area (Å²) in [5.41, 5.74) is 5.20. The molecule has 0 saturated heterocycles. The summed E-state index contributed by atoms with van der Waals surface area (Å²) in [6.07, 6.45) is 0.215. The number of benzene rings is 5. The molecular weight excluding hydrogens is 632 g/mol. The van der Waals surface area contributed by atoms with Gasteiger partial charge in [-0.25, -0.2) is 0 Å². The maximum absolute atomic E-state index is 13.0. The third kappa shape index (κ3) is 7.86. The van der Waals surface area contributed by atoms with Crippen LogP contribution < -0.4 is 0 Å². The molecule has 50 heavy (non-hydrogen) atoms. The van der Waals surface area contributed by atoms with Crippen LogP contribution in [0.3, 0.4) is 0 Å². The van der Waals surface area contributed by atoms with Crippen molar-refractivity contribution in [1.29, 1.82) is 0 Å². The maximum Gasteiger partial charge on any atom is 0.320 e. The first-order chi connectivity index (χ1) is 24.3. The van der Waals surface area contributed by atoms with Crippen LogP contribution in [0.15, 0.2) is 97.1 Å². The average Bonchev–Trinajstić information content (AvgIpc) is 3.12. The lowest BCUT2D eigenvalue weighted by Crippen LogP contribution is -2.30. The van der Waals surface area contributed by atoms with Crippen molar-refractivity contribution in [2.75, 3.05) is 26.4 Å². The largest absolute Gasteiger partial charge is 0.465 e. The molecule has 0 aliphatic carbocycles. The van der Waals surface area contributed by atoms with Crippen molar-refractivity contribution < 1.29 is 38.1 Å². The number of fused-ring (bicyclic) bond motifs is 2. The second kappa shape index (κ2) is 16.7. The molecule has 0 heterocycles. The number of rotatable bonds is 14. The molecule has 0 saturated carbocycles. The van der Waals surface area contributed by atoms with E-state index in [9.17, 15) is 19.2 Å². The summed E-state index contributed by atoms with van der Waals surface area (Å²) in [5.74, 6) is -4.69. The molecule has 0 fully saturated rings. The van der Waals surface area contributed by atoms with Crippen LogP contribution in [0.2, 0.25) is 0 Å². The summed E-state index contributed by atoms with van der Waals surface area (Å²) in [5, 5.41) is 3.97. The van der Waals surface area contributed by atoms with Gasteiger partial charge in [0, 0.05) is 0 Å². The van der Waals surface area contributed by atoms with Gasteiger partial charge in [-0.1, -0.05) is 97.1 Å². The summed E-state index contributed by atoms with van der Waals surface area (Å²) >= 11 is 0. The number of esters is 4. The molecule has 5 aromatic carbocycles. The Morgan fingerprint density at radius 1 is 0.440 bits per heavy atom. The van der Waals surface area contributed by atoms with Crippen molar-refractivity contribution in [3.8, 4) is 22.3 Å². The van der Waals surface area contributed by atoms with Crippen LogP contribution in [0.5, 0.6) is 0 Å². The molecule has 0 atom stereocenters. The lowest BCUT2D eigenvalue weighted by molar-refractivity contribution is -0.163. The Hall–Kier alpha value is -5.50. The smallest absolute Gasteiger partial charge is 0.320 e. The summed E-state index contributed by atoms with van der Waals surface area (Å²) in [6.45, 7) is 7.43. The number of hydrogen-bond acceptors (Lipinski definition) is 8. The Bertz CT molecular complexity index is 1820. The highest BCUT2D eigenvalue weighted by molar-refractivity contribution is 6.02. The van der Waals surface area contributed by atoms with Gasteiger partial charge in [-0.15, -0.1) is 0 Å². The van der Waals surface area contributed by atoms with Crippen molar-refractivity contribution in [1.82, 2.24) is 0 Å². The highest BCUT2D eigenvalue weighted by Gasteiger charge is 2.32. The zero-order chi connectivity index (χ0) is 35.6. The Morgan fingerprint density at radius 3 is 1.08 bits per heavy atom. The summed E-state index contributed by atoms with van der Waals surface area (Å²) < 4.78 is 21.1. The van der Waals surface area contributed by atoms with Gasteiger partial charge in [-0.3, -0.25) is 19.2 Å². The van der Waals surface area contributed by atoms with Crippen LogP contribution in [0, 0.1) is 11.8 Å². The van der Waals surface area contributed by atoms with Gasteiger partial charge in [-0.2, -0.15) is 0 Å². The molecule has 0 bridgehead atoms. The zero-order valence-corrected chi connectivity index (χ0v) is 28.9. The molecule has 0 amide bonds. The SMILES string of the molecule is CCOC(=O)C(Cc1ccc2ccccc2c1-c1ccc(-c2c(CC(C(=O)OCC)C(=O)OCC)ccc3ccccc23)cc1)C(=O)OCC. The number of carbonyl (C=O) groups is 4. The van der Waals surface area contributed by atoms with Gasteiger partial charge in [-0.05, 0) is 95.5 Å². The maximum atomic E-state index is 13.0. The van der Waals surface area contributed by atoms with E-state index >= 15 is 0 Å². The van der Waals surface area contributed by atoms with Crippen LogP contribution >= 0.6 is 0 Å². The fourth-order valence-corrected chi connectivity index (χ4v) is 6.40. The Morgan fingerprint density at radius 2 is 0.760 bits per heavy atom. The van der Waals surface area contributed by atoms with Gasteiger partial charge in [0.25, 0.3) is 0 Å². The van der Waals surface area contributed by atoms with Crippen molar-refractivity contribution in [3.05, 3.63) is 108 Å². The van der Waals surface area contributed by atoms with Gasteiger partial charge >= 0.3 is 23.9 Å².